The van der Waals surface area contributed by atoms with E-state index < -0.39 is 0 Å². The molecule has 3 heteroatoms. The third kappa shape index (κ3) is 4.90. The van der Waals surface area contributed by atoms with Gasteiger partial charge < -0.3 is 9.88 Å². The average Bonchev–Trinajstić information content (AvgIpc) is 2.64. The van der Waals surface area contributed by atoms with Gasteiger partial charge in [0.2, 0.25) is 0 Å². The first-order chi connectivity index (χ1) is 8.00. The molecule has 1 rings (SSSR count). The van der Waals surface area contributed by atoms with Crippen molar-refractivity contribution in [1.82, 2.24) is 14.9 Å². The van der Waals surface area contributed by atoms with Crippen LogP contribution in [-0.4, -0.2) is 16.1 Å². The second kappa shape index (κ2) is 6.80. The fourth-order valence-electron chi connectivity index (χ4n) is 2.15. The van der Waals surface area contributed by atoms with E-state index in [1.807, 2.05) is 12.5 Å². The molecule has 0 aliphatic heterocycles. The third-order valence-electron chi connectivity index (χ3n) is 2.89. The van der Waals surface area contributed by atoms with E-state index >= 15 is 0 Å². The van der Waals surface area contributed by atoms with Gasteiger partial charge in [-0.05, 0) is 31.7 Å². The molecule has 0 spiro atoms. The van der Waals surface area contributed by atoms with Crippen molar-refractivity contribution in [2.24, 2.45) is 11.8 Å². The SMILES string of the molecule is CC(C)CNCc1cncn1C(C)CC(C)C. The van der Waals surface area contributed by atoms with Crippen molar-refractivity contribution in [2.45, 2.75) is 53.6 Å². The van der Waals surface area contributed by atoms with E-state index in [4.69, 9.17) is 0 Å². The van der Waals surface area contributed by atoms with Crippen LogP contribution in [0.5, 0.6) is 0 Å². The number of hydrogen-bond donors (Lipinski definition) is 1. The van der Waals surface area contributed by atoms with Crippen LogP contribution in [0.2, 0.25) is 0 Å². The van der Waals surface area contributed by atoms with Crippen LogP contribution in [0.25, 0.3) is 0 Å². The van der Waals surface area contributed by atoms with Crippen LogP contribution in [0, 0.1) is 11.8 Å². The molecule has 17 heavy (non-hydrogen) atoms. The Kier molecular flexibility index (Phi) is 5.69. The Morgan fingerprint density at radius 2 is 1.88 bits per heavy atom. The van der Waals surface area contributed by atoms with Crippen LogP contribution >= 0.6 is 0 Å². The Labute approximate surface area is 106 Å². The summed E-state index contributed by atoms with van der Waals surface area (Å²) in [6, 6.07) is 0.536. The first-order valence-electron chi connectivity index (χ1n) is 6.72. The fraction of sp³-hybridized carbons (Fsp3) is 0.786. The van der Waals surface area contributed by atoms with Crippen molar-refractivity contribution in [1.29, 1.82) is 0 Å². The van der Waals surface area contributed by atoms with E-state index in [1.165, 1.54) is 12.1 Å². The third-order valence-corrected chi connectivity index (χ3v) is 2.89. The molecule has 0 aliphatic carbocycles. The largest absolute Gasteiger partial charge is 0.331 e. The zero-order chi connectivity index (χ0) is 12.8. The smallest absolute Gasteiger partial charge is 0.0951 e. The van der Waals surface area contributed by atoms with Gasteiger partial charge in [-0.3, -0.25) is 0 Å². The minimum atomic E-state index is 0.536. The summed E-state index contributed by atoms with van der Waals surface area (Å²) in [7, 11) is 0. The van der Waals surface area contributed by atoms with Crippen LogP contribution in [0.1, 0.15) is 52.8 Å². The van der Waals surface area contributed by atoms with Gasteiger partial charge in [0, 0.05) is 18.8 Å². The first-order valence-corrected chi connectivity index (χ1v) is 6.72. The Balaban J connectivity index is 2.53. The van der Waals surface area contributed by atoms with E-state index in [2.05, 4.69) is 49.5 Å². The van der Waals surface area contributed by atoms with Crippen LogP contribution in [0.4, 0.5) is 0 Å². The minimum Gasteiger partial charge on any atom is -0.331 e. The highest BCUT2D eigenvalue weighted by atomic mass is 15.1. The van der Waals surface area contributed by atoms with Gasteiger partial charge in [0.15, 0.2) is 0 Å². The van der Waals surface area contributed by atoms with Gasteiger partial charge in [-0.2, -0.15) is 0 Å². The van der Waals surface area contributed by atoms with E-state index in [-0.39, 0.29) is 0 Å². The number of nitrogens with one attached hydrogen (secondary N) is 1. The summed E-state index contributed by atoms with van der Waals surface area (Å²) in [5.74, 6) is 1.42. The molecule has 0 aromatic carbocycles. The van der Waals surface area contributed by atoms with Gasteiger partial charge in [0.1, 0.15) is 0 Å². The molecular formula is C14H27N3. The van der Waals surface area contributed by atoms with E-state index in [9.17, 15) is 0 Å². The molecular weight excluding hydrogens is 210 g/mol. The molecule has 3 nitrogen and oxygen atoms in total. The predicted octanol–water partition coefficient (Wildman–Crippen LogP) is 3.24. The van der Waals surface area contributed by atoms with Gasteiger partial charge in [0.25, 0.3) is 0 Å². The van der Waals surface area contributed by atoms with Crippen molar-refractivity contribution < 1.29 is 0 Å². The van der Waals surface area contributed by atoms with Crippen LogP contribution in [0.15, 0.2) is 12.5 Å². The van der Waals surface area contributed by atoms with Crippen molar-refractivity contribution in [3.63, 3.8) is 0 Å². The Hall–Kier alpha value is -0.830. The summed E-state index contributed by atoms with van der Waals surface area (Å²) in [5, 5.41) is 3.47. The molecule has 1 N–H and O–H groups in total. The zero-order valence-corrected chi connectivity index (χ0v) is 11.9. The maximum atomic E-state index is 4.27. The zero-order valence-electron chi connectivity index (χ0n) is 11.9. The average molecular weight is 237 g/mol. The number of nitrogens with zero attached hydrogens (tertiary/aromatic N) is 2. The molecule has 1 aromatic rings. The molecule has 0 bridgehead atoms. The maximum Gasteiger partial charge on any atom is 0.0951 e. The lowest BCUT2D eigenvalue weighted by Crippen LogP contribution is -2.21. The van der Waals surface area contributed by atoms with Gasteiger partial charge in [-0.25, -0.2) is 4.98 Å². The topological polar surface area (TPSA) is 29.9 Å². The van der Waals surface area contributed by atoms with Gasteiger partial charge in [-0.1, -0.05) is 27.7 Å². The molecule has 0 saturated carbocycles. The summed E-state index contributed by atoms with van der Waals surface area (Å²) >= 11 is 0. The Morgan fingerprint density at radius 3 is 2.47 bits per heavy atom. The number of rotatable bonds is 7. The number of aromatic nitrogens is 2. The minimum absolute atomic E-state index is 0.536. The number of imidazole rings is 1. The standard InChI is InChI=1S/C14H27N3/c1-11(2)6-13(5)17-10-16-9-14(17)8-15-7-12(3)4/h9-13,15H,6-8H2,1-5H3. The lowest BCUT2D eigenvalue weighted by atomic mass is 10.1. The quantitative estimate of drug-likeness (QED) is 0.789. The molecule has 1 aromatic heterocycles. The van der Waals surface area contributed by atoms with Crippen molar-refractivity contribution in [3.05, 3.63) is 18.2 Å². The van der Waals surface area contributed by atoms with Crippen molar-refractivity contribution in [2.75, 3.05) is 6.54 Å². The lowest BCUT2D eigenvalue weighted by molar-refractivity contribution is 0.413. The molecule has 0 saturated heterocycles. The number of hydrogen-bond acceptors (Lipinski definition) is 2. The highest BCUT2D eigenvalue weighted by Crippen LogP contribution is 2.18. The molecule has 1 heterocycles. The van der Waals surface area contributed by atoms with Crippen LogP contribution in [0.3, 0.4) is 0 Å². The van der Waals surface area contributed by atoms with Crippen molar-refractivity contribution in [3.8, 4) is 0 Å². The highest BCUT2D eigenvalue weighted by molar-refractivity contribution is 4.99. The molecule has 0 amide bonds. The summed E-state index contributed by atoms with van der Waals surface area (Å²) in [6.07, 6.45) is 5.14. The molecule has 0 aliphatic rings. The maximum absolute atomic E-state index is 4.27. The fourth-order valence-corrected chi connectivity index (χ4v) is 2.15. The lowest BCUT2D eigenvalue weighted by Gasteiger charge is -2.19. The Bertz CT molecular complexity index is 315. The van der Waals surface area contributed by atoms with Crippen LogP contribution in [-0.2, 0) is 6.54 Å². The summed E-state index contributed by atoms with van der Waals surface area (Å²) in [6.45, 7) is 13.2. The molecule has 0 fully saturated rings. The van der Waals surface area contributed by atoms with Gasteiger partial charge >= 0.3 is 0 Å². The van der Waals surface area contributed by atoms with E-state index in [1.54, 1.807) is 0 Å². The van der Waals surface area contributed by atoms with E-state index in [0.29, 0.717) is 12.0 Å². The second-order valence-corrected chi connectivity index (χ2v) is 5.80. The predicted molar refractivity (Wildman–Crippen MR) is 72.9 cm³/mol. The molecule has 1 atom stereocenters. The second-order valence-electron chi connectivity index (χ2n) is 5.80. The highest BCUT2D eigenvalue weighted by Gasteiger charge is 2.10. The molecule has 1 unspecified atom stereocenters. The van der Waals surface area contributed by atoms with Gasteiger partial charge in [-0.15, -0.1) is 0 Å². The summed E-state index contributed by atoms with van der Waals surface area (Å²) in [4.78, 5) is 4.27. The monoisotopic (exact) mass is 237 g/mol. The Morgan fingerprint density at radius 1 is 1.18 bits per heavy atom. The normalized spacial score (nSPS) is 13.6. The van der Waals surface area contributed by atoms with Gasteiger partial charge in [0.05, 0.1) is 12.0 Å². The molecule has 0 radical (unpaired) electrons. The van der Waals surface area contributed by atoms with Crippen LogP contribution < -0.4 is 5.32 Å². The first kappa shape index (κ1) is 14.2. The molecule has 98 valence electrons. The van der Waals surface area contributed by atoms with E-state index in [0.717, 1.165) is 19.0 Å². The summed E-state index contributed by atoms with van der Waals surface area (Å²) < 4.78 is 2.30. The van der Waals surface area contributed by atoms with Crippen molar-refractivity contribution >= 4 is 0 Å². The summed E-state index contributed by atoms with van der Waals surface area (Å²) in [5.41, 5.74) is 1.29.